The van der Waals surface area contributed by atoms with Crippen LogP contribution in [0.25, 0.3) is 11.3 Å². The molecule has 0 bridgehead atoms. The minimum absolute atomic E-state index is 0.104. The van der Waals surface area contributed by atoms with Gasteiger partial charge in [-0.1, -0.05) is 11.6 Å². The van der Waals surface area contributed by atoms with Crippen LogP contribution in [-0.2, 0) is 11.2 Å². The molecule has 7 heteroatoms. The van der Waals surface area contributed by atoms with E-state index in [1.807, 2.05) is 0 Å². The van der Waals surface area contributed by atoms with Crippen molar-refractivity contribution in [3.63, 3.8) is 0 Å². The van der Waals surface area contributed by atoms with Crippen LogP contribution in [0, 0.1) is 5.82 Å². The number of hydrogen-bond acceptors (Lipinski definition) is 5. The van der Waals surface area contributed by atoms with Gasteiger partial charge in [0.25, 0.3) is 0 Å². The van der Waals surface area contributed by atoms with Gasteiger partial charge in [-0.15, -0.1) is 0 Å². The molecule has 3 heterocycles. The molecule has 2 aromatic heterocycles. The third-order valence-electron chi connectivity index (χ3n) is 3.24. The summed E-state index contributed by atoms with van der Waals surface area (Å²) in [6.45, 7) is 2.39. The number of ether oxygens (including phenoxy) is 1. The highest BCUT2D eigenvalue weighted by molar-refractivity contribution is 6.29. The third kappa shape index (κ3) is 3.53. The van der Waals surface area contributed by atoms with Crippen LogP contribution in [0.2, 0.25) is 5.15 Å². The Bertz CT molecular complexity index is 617. The highest BCUT2D eigenvalue weighted by Gasteiger charge is 2.15. The van der Waals surface area contributed by atoms with Crippen molar-refractivity contribution in [3.05, 3.63) is 41.3 Å². The number of halogens is 2. The van der Waals surface area contributed by atoms with E-state index in [1.54, 1.807) is 12.4 Å². The molecule has 0 saturated carbocycles. The maximum atomic E-state index is 13.8. The average Bonchev–Trinajstić information content (AvgIpc) is 2.49. The summed E-state index contributed by atoms with van der Waals surface area (Å²) in [6.07, 6.45) is 5.32. The van der Waals surface area contributed by atoms with Crippen molar-refractivity contribution in [1.29, 1.82) is 0 Å². The normalized spacial score (nSPS) is 18.7. The Hall–Kier alpha value is -1.63. The van der Waals surface area contributed by atoms with Crippen molar-refractivity contribution < 1.29 is 9.13 Å². The van der Waals surface area contributed by atoms with Crippen molar-refractivity contribution in [2.24, 2.45) is 0 Å². The maximum Gasteiger partial charge on any atom is 0.137 e. The SMILES string of the molecule is Fc1cc(Cl)ncc1-c1cnc(CC2CNCCO2)cn1. The zero-order chi connectivity index (χ0) is 14.7. The van der Waals surface area contributed by atoms with E-state index in [0.717, 1.165) is 24.8 Å². The van der Waals surface area contributed by atoms with Gasteiger partial charge >= 0.3 is 0 Å². The number of pyridine rings is 1. The minimum atomic E-state index is -0.461. The predicted molar refractivity (Wildman–Crippen MR) is 76.5 cm³/mol. The lowest BCUT2D eigenvalue weighted by molar-refractivity contribution is 0.0286. The van der Waals surface area contributed by atoms with Gasteiger partial charge in [0.1, 0.15) is 11.0 Å². The largest absolute Gasteiger partial charge is 0.375 e. The van der Waals surface area contributed by atoms with E-state index in [9.17, 15) is 4.39 Å². The first-order chi connectivity index (χ1) is 10.2. The lowest BCUT2D eigenvalue weighted by atomic mass is 10.1. The van der Waals surface area contributed by atoms with Crippen molar-refractivity contribution in [2.45, 2.75) is 12.5 Å². The van der Waals surface area contributed by atoms with Gasteiger partial charge in [0, 0.05) is 38.0 Å². The first-order valence-electron chi connectivity index (χ1n) is 6.67. The number of rotatable bonds is 3. The molecule has 0 aromatic carbocycles. The molecule has 5 nitrogen and oxygen atoms in total. The van der Waals surface area contributed by atoms with Crippen molar-refractivity contribution in [1.82, 2.24) is 20.3 Å². The van der Waals surface area contributed by atoms with E-state index in [1.165, 1.54) is 6.20 Å². The fourth-order valence-corrected chi connectivity index (χ4v) is 2.32. The standard InChI is InChI=1S/C14H14ClFN4O/c15-14-4-12(16)11(7-20-14)13-8-18-9(5-19-13)3-10-6-17-1-2-21-10/h4-5,7-8,10,17H,1-3,6H2. The summed E-state index contributed by atoms with van der Waals surface area (Å²) in [5.41, 5.74) is 1.53. The van der Waals surface area contributed by atoms with Crippen LogP contribution < -0.4 is 5.32 Å². The van der Waals surface area contributed by atoms with E-state index in [-0.39, 0.29) is 16.8 Å². The second-order valence-electron chi connectivity index (χ2n) is 4.78. The Balaban J connectivity index is 1.74. The van der Waals surface area contributed by atoms with Crippen LogP contribution in [0.5, 0.6) is 0 Å². The van der Waals surface area contributed by atoms with Crippen LogP contribution >= 0.6 is 11.6 Å². The maximum absolute atomic E-state index is 13.8. The van der Waals surface area contributed by atoms with Crippen molar-refractivity contribution in [3.8, 4) is 11.3 Å². The summed E-state index contributed by atoms with van der Waals surface area (Å²) in [6, 6.07) is 1.16. The number of aromatic nitrogens is 3. The molecule has 3 rings (SSSR count). The number of nitrogens with zero attached hydrogens (tertiary/aromatic N) is 3. The van der Waals surface area contributed by atoms with E-state index < -0.39 is 5.82 Å². The molecule has 2 aromatic rings. The number of nitrogens with one attached hydrogen (secondary N) is 1. The highest BCUT2D eigenvalue weighted by Crippen LogP contribution is 2.21. The smallest absolute Gasteiger partial charge is 0.137 e. The Morgan fingerprint density at radius 2 is 2.19 bits per heavy atom. The van der Waals surface area contributed by atoms with Gasteiger partial charge in [-0.2, -0.15) is 0 Å². The average molecular weight is 309 g/mol. The molecule has 21 heavy (non-hydrogen) atoms. The molecule has 1 fully saturated rings. The van der Waals surface area contributed by atoms with E-state index in [2.05, 4.69) is 20.3 Å². The summed E-state index contributed by atoms with van der Waals surface area (Å²) >= 11 is 5.63. The minimum Gasteiger partial charge on any atom is -0.375 e. The first kappa shape index (κ1) is 14.3. The van der Waals surface area contributed by atoms with Gasteiger partial charge in [0.05, 0.1) is 35.9 Å². The fourth-order valence-electron chi connectivity index (χ4n) is 2.18. The number of hydrogen-bond donors (Lipinski definition) is 1. The first-order valence-corrected chi connectivity index (χ1v) is 7.05. The van der Waals surface area contributed by atoms with Gasteiger partial charge < -0.3 is 10.1 Å². The molecule has 1 atom stereocenters. The Labute approximate surface area is 126 Å². The molecular formula is C14H14ClFN4O. The molecule has 0 amide bonds. The quantitative estimate of drug-likeness (QED) is 0.877. The van der Waals surface area contributed by atoms with Crippen LogP contribution in [0.15, 0.2) is 24.7 Å². The van der Waals surface area contributed by atoms with Crippen LogP contribution in [-0.4, -0.2) is 40.8 Å². The summed E-state index contributed by atoms with van der Waals surface area (Å²) < 4.78 is 19.4. The predicted octanol–water partition coefficient (Wildman–Crippen LogP) is 1.86. The molecule has 0 spiro atoms. The second kappa shape index (κ2) is 6.43. The van der Waals surface area contributed by atoms with Crippen LogP contribution in [0.4, 0.5) is 4.39 Å². The Kier molecular flexibility index (Phi) is 4.38. The van der Waals surface area contributed by atoms with Gasteiger partial charge in [0.2, 0.25) is 0 Å². The molecule has 0 radical (unpaired) electrons. The Morgan fingerprint density at radius 3 is 2.86 bits per heavy atom. The van der Waals surface area contributed by atoms with E-state index >= 15 is 0 Å². The van der Waals surface area contributed by atoms with Gasteiger partial charge in [-0.25, -0.2) is 9.37 Å². The lowest BCUT2D eigenvalue weighted by Crippen LogP contribution is -2.39. The molecule has 1 N–H and O–H groups in total. The second-order valence-corrected chi connectivity index (χ2v) is 5.17. The molecule has 1 aliphatic heterocycles. The van der Waals surface area contributed by atoms with Crippen LogP contribution in [0.3, 0.4) is 0 Å². The van der Waals surface area contributed by atoms with Crippen molar-refractivity contribution in [2.75, 3.05) is 19.7 Å². The highest BCUT2D eigenvalue weighted by atomic mass is 35.5. The van der Waals surface area contributed by atoms with Gasteiger partial charge in [0.15, 0.2) is 0 Å². The number of morpholine rings is 1. The Morgan fingerprint density at radius 1 is 1.29 bits per heavy atom. The van der Waals surface area contributed by atoms with Crippen LogP contribution in [0.1, 0.15) is 5.69 Å². The van der Waals surface area contributed by atoms with Crippen molar-refractivity contribution >= 4 is 11.6 Å². The molecule has 1 unspecified atom stereocenters. The molecular weight excluding hydrogens is 295 g/mol. The summed E-state index contributed by atoms with van der Waals surface area (Å²) in [7, 11) is 0. The third-order valence-corrected chi connectivity index (χ3v) is 3.45. The summed E-state index contributed by atoms with van der Waals surface area (Å²) in [5.74, 6) is -0.461. The fraction of sp³-hybridized carbons (Fsp3) is 0.357. The molecule has 1 aliphatic rings. The summed E-state index contributed by atoms with van der Waals surface area (Å²) in [5, 5.41) is 3.38. The molecule has 0 aliphatic carbocycles. The summed E-state index contributed by atoms with van der Waals surface area (Å²) in [4.78, 5) is 12.4. The zero-order valence-corrected chi connectivity index (χ0v) is 12.0. The zero-order valence-electron chi connectivity index (χ0n) is 11.2. The van der Waals surface area contributed by atoms with E-state index in [0.29, 0.717) is 18.7 Å². The van der Waals surface area contributed by atoms with Gasteiger partial charge in [-0.3, -0.25) is 9.97 Å². The molecule has 1 saturated heterocycles. The molecule has 110 valence electrons. The topological polar surface area (TPSA) is 59.9 Å². The van der Waals surface area contributed by atoms with E-state index in [4.69, 9.17) is 16.3 Å². The van der Waals surface area contributed by atoms with Gasteiger partial charge in [-0.05, 0) is 0 Å². The lowest BCUT2D eigenvalue weighted by Gasteiger charge is -2.23. The monoisotopic (exact) mass is 308 g/mol.